The number of amidine groups is 1. The molecule has 5 nitrogen and oxygen atoms in total. The number of nitrogens with one attached hydrogen (secondary N) is 1. The Bertz CT molecular complexity index is 581. The zero-order chi connectivity index (χ0) is 17.6. The minimum atomic E-state index is -0.0755. The van der Waals surface area contributed by atoms with Gasteiger partial charge in [-0.3, -0.25) is 9.80 Å². The second-order valence-electron chi connectivity index (χ2n) is 4.88. The van der Waals surface area contributed by atoms with Gasteiger partial charge in [0.25, 0.3) is 0 Å². The van der Waals surface area contributed by atoms with E-state index in [1.807, 2.05) is 38.9 Å². The molecule has 0 saturated carbocycles. The highest BCUT2D eigenvalue weighted by molar-refractivity contribution is 14.1. The lowest BCUT2D eigenvalue weighted by Crippen LogP contribution is -2.38. The van der Waals surface area contributed by atoms with Crippen LogP contribution < -0.4 is 10.3 Å². The minimum Gasteiger partial charge on any atom is -0.311 e. The van der Waals surface area contributed by atoms with Gasteiger partial charge >= 0.3 is 0 Å². The molecule has 0 fully saturated rings. The topological polar surface area (TPSA) is 47.9 Å². The number of likely N-dealkylation sites (N-methyl/N-ethyl adjacent to an activating group) is 1. The van der Waals surface area contributed by atoms with Crippen LogP contribution in [0, 0.1) is 5.92 Å². The van der Waals surface area contributed by atoms with Crippen LogP contribution >= 0.6 is 46.1 Å². The third kappa shape index (κ3) is 6.10. The number of amides is 1. The summed E-state index contributed by atoms with van der Waals surface area (Å²) in [5.74, 6) is 0.737. The molecule has 23 heavy (non-hydrogen) atoms. The van der Waals surface area contributed by atoms with Crippen LogP contribution in [0.5, 0.6) is 0 Å². The molecule has 1 aliphatic heterocycles. The van der Waals surface area contributed by atoms with Crippen molar-refractivity contribution in [1.29, 1.82) is 0 Å². The van der Waals surface area contributed by atoms with Gasteiger partial charge < -0.3 is 5.32 Å². The molecule has 2 rings (SSSR count). The van der Waals surface area contributed by atoms with Crippen LogP contribution in [0.25, 0.3) is 0 Å². The zero-order valence-corrected chi connectivity index (χ0v) is 17.3. The number of anilines is 1. The number of benzene rings is 1. The van der Waals surface area contributed by atoms with E-state index in [0.29, 0.717) is 29.0 Å². The highest BCUT2D eigenvalue weighted by Gasteiger charge is 2.25. The summed E-state index contributed by atoms with van der Waals surface area (Å²) in [4.78, 5) is 11.8. The molecule has 1 aromatic carbocycles. The summed E-state index contributed by atoms with van der Waals surface area (Å²) in [5, 5.41) is 10.1. The summed E-state index contributed by atoms with van der Waals surface area (Å²) in [7, 11) is 1.84. The standard InChI is InChI=1S/C13H15Cl2IN4O.C2H6/c1-8-6-20(9-3-4-10(14)11(15)5-9)18-13(8)17-12(21)7-19(2)16;1-2/h3-5,8H,6-7H2,1-2H3,(H,17,18,21);1-2H3. The van der Waals surface area contributed by atoms with E-state index in [1.54, 1.807) is 15.2 Å². The van der Waals surface area contributed by atoms with E-state index in [9.17, 15) is 4.79 Å². The fourth-order valence-corrected chi connectivity index (χ4v) is 2.55. The smallest absolute Gasteiger partial charge is 0.240 e. The Morgan fingerprint density at radius 1 is 1.43 bits per heavy atom. The van der Waals surface area contributed by atoms with Gasteiger partial charge in [-0.2, -0.15) is 5.10 Å². The van der Waals surface area contributed by atoms with Crippen LogP contribution in [0.1, 0.15) is 20.8 Å². The number of rotatable bonds is 3. The van der Waals surface area contributed by atoms with Crippen molar-refractivity contribution >= 4 is 63.5 Å². The second-order valence-corrected chi connectivity index (χ2v) is 7.34. The van der Waals surface area contributed by atoms with Gasteiger partial charge in [0.05, 0.1) is 28.8 Å². The Morgan fingerprint density at radius 2 is 2.09 bits per heavy atom. The fraction of sp³-hybridized carbons (Fsp3) is 0.467. The molecule has 1 aliphatic rings. The maximum Gasteiger partial charge on any atom is 0.240 e. The van der Waals surface area contributed by atoms with Crippen LogP contribution in [-0.4, -0.2) is 35.0 Å². The molecule has 0 saturated heterocycles. The lowest BCUT2D eigenvalue weighted by molar-refractivity contribution is -0.119. The SMILES string of the molecule is CC.CC1CN(c2ccc(Cl)c(Cl)c2)N=C1NC(=O)CN(C)I. The highest BCUT2D eigenvalue weighted by Crippen LogP contribution is 2.29. The Hall–Kier alpha value is -0.570. The summed E-state index contributed by atoms with van der Waals surface area (Å²) < 4.78 is 1.78. The molecule has 1 atom stereocenters. The first kappa shape index (κ1) is 20.5. The first-order valence-electron chi connectivity index (χ1n) is 7.34. The molecule has 0 aliphatic carbocycles. The molecule has 0 spiro atoms. The van der Waals surface area contributed by atoms with Crippen LogP contribution in [0.2, 0.25) is 10.0 Å². The molecule has 1 amide bonds. The van der Waals surface area contributed by atoms with Crippen molar-refractivity contribution < 1.29 is 4.79 Å². The second kappa shape index (κ2) is 9.66. The van der Waals surface area contributed by atoms with Gasteiger partial charge in [-0.05, 0) is 25.2 Å². The van der Waals surface area contributed by atoms with Crippen molar-refractivity contribution in [3.8, 4) is 0 Å². The molecule has 128 valence electrons. The Morgan fingerprint density at radius 3 is 2.65 bits per heavy atom. The highest BCUT2D eigenvalue weighted by atomic mass is 127. The average molecular weight is 471 g/mol. The predicted molar refractivity (Wildman–Crippen MR) is 107 cm³/mol. The van der Waals surface area contributed by atoms with Crippen LogP contribution in [0.4, 0.5) is 5.69 Å². The Kier molecular flexibility index (Phi) is 8.60. The van der Waals surface area contributed by atoms with Gasteiger partial charge in [-0.25, -0.2) is 3.11 Å². The molecule has 1 heterocycles. The van der Waals surface area contributed by atoms with Gasteiger partial charge in [-0.15, -0.1) is 0 Å². The molecule has 0 aromatic heterocycles. The molecule has 0 bridgehead atoms. The van der Waals surface area contributed by atoms with Crippen LogP contribution in [-0.2, 0) is 4.79 Å². The van der Waals surface area contributed by atoms with Gasteiger partial charge in [0, 0.05) is 28.8 Å². The zero-order valence-electron chi connectivity index (χ0n) is 13.6. The van der Waals surface area contributed by atoms with Gasteiger partial charge in [0.15, 0.2) is 0 Å². The molecule has 1 N–H and O–H groups in total. The Balaban J connectivity index is 0.00000127. The first-order chi connectivity index (χ1) is 10.9. The molecule has 1 unspecified atom stereocenters. The molecular formula is C15H21Cl2IN4O. The predicted octanol–water partition coefficient (Wildman–Crippen LogP) is 4.19. The number of carbonyl (C=O) groups excluding carboxylic acids is 1. The van der Waals surface area contributed by atoms with E-state index in [1.165, 1.54) is 0 Å². The van der Waals surface area contributed by atoms with E-state index >= 15 is 0 Å². The summed E-state index contributed by atoms with van der Waals surface area (Å²) in [5.41, 5.74) is 0.853. The van der Waals surface area contributed by atoms with E-state index in [2.05, 4.69) is 33.3 Å². The Labute approximate surface area is 161 Å². The van der Waals surface area contributed by atoms with Crippen LogP contribution in [0.15, 0.2) is 23.3 Å². The molecular weight excluding hydrogens is 450 g/mol. The molecule has 0 radical (unpaired) electrons. The van der Waals surface area contributed by atoms with E-state index in [0.717, 1.165) is 5.69 Å². The lowest BCUT2D eigenvalue weighted by atomic mass is 10.1. The average Bonchev–Trinajstić information content (AvgIpc) is 2.84. The largest absolute Gasteiger partial charge is 0.311 e. The number of hydrogen-bond donors (Lipinski definition) is 1. The van der Waals surface area contributed by atoms with Crippen LogP contribution in [0.3, 0.4) is 0 Å². The minimum absolute atomic E-state index is 0.0755. The molecule has 8 heteroatoms. The van der Waals surface area contributed by atoms with Crippen molar-refractivity contribution in [1.82, 2.24) is 8.43 Å². The quantitative estimate of drug-likeness (QED) is 0.532. The first-order valence-corrected chi connectivity index (χ1v) is 9.06. The van der Waals surface area contributed by atoms with E-state index < -0.39 is 0 Å². The normalized spacial score (nSPS) is 16.8. The van der Waals surface area contributed by atoms with Gasteiger partial charge in [0.2, 0.25) is 5.91 Å². The third-order valence-electron chi connectivity index (χ3n) is 2.97. The van der Waals surface area contributed by atoms with Crippen molar-refractivity contribution in [3.63, 3.8) is 0 Å². The maximum atomic E-state index is 11.8. The van der Waals surface area contributed by atoms with Gasteiger partial charge in [0.1, 0.15) is 5.84 Å². The molecule has 1 aromatic rings. The van der Waals surface area contributed by atoms with Gasteiger partial charge in [-0.1, -0.05) is 44.0 Å². The van der Waals surface area contributed by atoms with Crippen molar-refractivity contribution in [2.75, 3.05) is 25.1 Å². The monoisotopic (exact) mass is 470 g/mol. The van der Waals surface area contributed by atoms with Crippen molar-refractivity contribution in [2.24, 2.45) is 11.0 Å². The van der Waals surface area contributed by atoms with E-state index in [4.69, 9.17) is 23.2 Å². The van der Waals surface area contributed by atoms with Crippen molar-refractivity contribution in [3.05, 3.63) is 28.2 Å². The number of halogens is 3. The summed E-state index contributed by atoms with van der Waals surface area (Å²) in [6, 6.07) is 5.36. The van der Waals surface area contributed by atoms with E-state index in [-0.39, 0.29) is 11.8 Å². The number of carbonyl (C=O) groups is 1. The summed E-state index contributed by atoms with van der Waals surface area (Å²) in [6.45, 7) is 7.02. The number of nitrogens with zero attached hydrogens (tertiary/aromatic N) is 3. The number of hydrogen-bond acceptors (Lipinski definition) is 4. The third-order valence-corrected chi connectivity index (χ3v) is 4.05. The lowest BCUT2D eigenvalue weighted by Gasteiger charge is -2.14. The maximum absolute atomic E-state index is 11.8. The summed E-state index contributed by atoms with van der Waals surface area (Å²) in [6.07, 6.45) is 0. The summed E-state index contributed by atoms with van der Waals surface area (Å²) >= 11 is 14.0. The fourth-order valence-electron chi connectivity index (χ4n) is 1.95. The number of hydrazone groups is 1. The van der Waals surface area contributed by atoms with Crippen molar-refractivity contribution in [2.45, 2.75) is 20.8 Å².